The van der Waals surface area contributed by atoms with Gasteiger partial charge in [-0.15, -0.1) is 0 Å². The normalized spacial score (nSPS) is 26.6. The summed E-state index contributed by atoms with van der Waals surface area (Å²) in [5.74, 6) is 0.378. The molecule has 0 radical (unpaired) electrons. The molecule has 0 amide bonds. The molecule has 0 saturated heterocycles. The summed E-state index contributed by atoms with van der Waals surface area (Å²) < 4.78 is 0. The van der Waals surface area contributed by atoms with Crippen LogP contribution in [0.3, 0.4) is 0 Å². The van der Waals surface area contributed by atoms with E-state index in [0.717, 1.165) is 12.8 Å². The summed E-state index contributed by atoms with van der Waals surface area (Å²) in [6.07, 6.45) is 1.82. The number of hydrogen-bond acceptors (Lipinski definition) is 2. The van der Waals surface area contributed by atoms with Gasteiger partial charge in [-0.25, -0.2) is 0 Å². The van der Waals surface area contributed by atoms with Crippen molar-refractivity contribution in [2.45, 2.75) is 38.8 Å². The van der Waals surface area contributed by atoms with Crippen LogP contribution in [0.25, 0.3) is 0 Å². The second-order valence-corrected chi connectivity index (χ2v) is 2.88. The Morgan fingerprint density at radius 3 is 2.44 bits per heavy atom. The summed E-state index contributed by atoms with van der Waals surface area (Å²) in [6.45, 7) is 4.12. The van der Waals surface area contributed by atoms with E-state index >= 15 is 0 Å². The highest BCUT2D eigenvalue weighted by Crippen LogP contribution is 2.13. The predicted molar refractivity (Wildman–Crippen MR) is 36.3 cm³/mol. The molecular formula is C7H13NO. The third-order valence-corrected chi connectivity index (χ3v) is 1.60. The standard InChI is InChI=1S/C7H13NO/c1-5(2)8-6-3-4-7(6)9/h5-6,8H,3-4H2,1-2H3. The molecule has 0 aromatic heterocycles. The second-order valence-electron chi connectivity index (χ2n) is 2.88. The Morgan fingerprint density at radius 1 is 1.67 bits per heavy atom. The molecule has 1 atom stereocenters. The summed E-state index contributed by atoms with van der Waals surface area (Å²) in [5.41, 5.74) is 0. The molecule has 1 rings (SSSR count). The monoisotopic (exact) mass is 127 g/mol. The van der Waals surface area contributed by atoms with Crippen molar-refractivity contribution in [1.29, 1.82) is 0 Å². The molecule has 52 valence electrons. The maximum Gasteiger partial charge on any atom is 0.149 e. The van der Waals surface area contributed by atoms with Gasteiger partial charge in [-0.1, -0.05) is 13.8 Å². The van der Waals surface area contributed by atoms with Crippen molar-refractivity contribution in [3.8, 4) is 0 Å². The predicted octanol–water partition coefficient (Wildman–Crippen LogP) is 0.716. The van der Waals surface area contributed by atoms with Crippen LogP contribution in [-0.4, -0.2) is 17.9 Å². The number of carbonyl (C=O) groups is 1. The zero-order chi connectivity index (χ0) is 6.85. The van der Waals surface area contributed by atoms with E-state index < -0.39 is 0 Å². The number of rotatable bonds is 2. The minimum atomic E-state index is 0.185. The van der Waals surface area contributed by atoms with Crippen LogP contribution in [0.4, 0.5) is 0 Å². The lowest BCUT2D eigenvalue weighted by Gasteiger charge is -2.26. The molecule has 9 heavy (non-hydrogen) atoms. The minimum Gasteiger partial charge on any atom is -0.305 e. The molecule has 0 spiro atoms. The summed E-state index contributed by atoms with van der Waals surface area (Å²) in [5, 5.41) is 3.18. The molecule has 0 heterocycles. The number of Topliss-reactive ketones (excluding diaryl/α,β-unsaturated/α-hetero) is 1. The number of hydrogen-bond donors (Lipinski definition) is 1. The van der Waals surface area contributed by atoms with Crippen molar-refractivity contribution in [3.05, 3.63) is 0 Å². The highest BCUT2D eigenvalue weighted by molar-refractivity contribution is 5.89. The summed E-state index contributed by atoms with van der Waals surface area (Å²) in [4.78, 5) is 10.7. The largest absolute Gasteiger partial charge is 0.305 e. The lowest BCUT2D eigenvalue weighted by Crippen LogP contribution is -2.47. The van der Waals surface area contributed by atoms with E-state index in [1.807, 2.05) is 0 Å². The minimum absolute atomic E-state index is 0.185. The first kappa shape index (κ1) is 6.75. The van der Waals surface area contributed by atoms with Crippen LogP contribution >= 0.6 is 0 Å². The third kappa shape index (κ3) is 1.52. The molecule has 1 aliphatic carbocycles. The quantitative estimate of drug-likeness (QED) is 0.592. The lowest BCUT2D eigenvalue weighted by molar-refractivity contribution is -0.126. The van der Waals surface area contributed by atoms with Gasteiger partial charge < -0.3 is 5.32 Å². The van der Waals surface area contributed by atoms with E-state index in [9.17, 15) is 4.79 Å². The molecule has 1 aliphatic rings. The Hall–Kier alpha value is -0.370. The average Bonchev–Trinajstić information content (AvgIpc) is 1.79. The van der Waals surface area contributed by atoms with E-state index in [4.69, 9.17) is 0 Å². The van der Waals surface area contributed by atoms with Crippen molar-refractivity contribution in [2.75, 3.05) is 0 Å². The van der Waals surface area contributed by atoms with Gasteiger partial charge in [-0.2, -0.15) is 0 Å². The number of nitrogens with one attached hydrogen (secondary N) is 1. The number of carbonyl (C=O) groups excluding carboxylic acids is 1. The van der Waals surface area contributed by atoms with Gasteiger partial charge in [0.1, 0.15) is 5.78 Å². The molecular weight excluding hydrogens is 114 g/mol. The van der Waals surface area contributed by atoms with Gasteiger partial charge in [-0.3, -0.25) is 4.79 Å². The fraction of sp³-hybridized carbons (Fsp3) is 0.857. The maximum atomic E-state index is 10.7. The van der Waals surface area contributed by atoms with Gasteiger partial charge >= 0.3 is 0 Å². The van der Waals surface area contributed by atoms with Crippen molar-refractivity contribution in [2.24, 2.45) is 0 Å². The Labute approximate surface area is 55.6 Å². The topological polar surface area (TPSA) is 29.1 Å². The maximum absolute atomic E-state index is 10.7. The van der Waals surface area contributed by atoms with Gasteiger partial charge in [0.15, 0.2) is 0 Å². The van der Waals surface area contributed by atoms with Gasteiger partial charge in [-0.05, 0) is 6.42 Å². The van der Waals surface area contributed by atoms with E-state index in [2.05, 4.69) is 19.2 Å². The van der Waals surface area contributed by atoms with Crippen molar-refractivity contribution in [1.82, 2.24) is 5.32 Å². The molecule has 1 N–H and O–H groups in total. The fourth-order valence-electron chi connectivity index (χ4n) is 0.985. The average molecular weight is 127 g/mol. The molecule has 0 aromatic rings. The lowest BCUT2D eigenvalue weighted by atomic mass is 9.91. The molecule has 2 nitrogen and oxygen atoms in total. The third-order valence-electron chi connectivity index (χ3n) is 1.60. The molecule has 2 heteroatoms. The van der Waals surface area contributed by atoms with Crippen LogP contribution in [0, 0.1) is 0 Å². The van der Waals surface area contributed by atoms with Crippen LogP contribution in [0.5, 0.6) is 0 Å². The zero-order valence-corrected chi connectivity index (χ0v) is 5.98. The van der Waals surface area contributed by atoms with Crippen LogP contribution in [0.2, 0.25) is 0 Å². The van der Waals surface area contributed by atoms with Crippen LogP contribution in [0.15, 0.2) is 0 Å². The molecule has 0 aromatic carbocycles. The molecule has 0 bridgehead atoms. The van der Waals surface area contributed by atoms with Crippen molar-refractivity contribution in [3.63, 3.8) is 0 Å². The molecule has 1 unspecified atom stereocenters. The SMILES string of the molecule is CC(C)NC1CCC1=O. The smallest absolute Gasteiger partial charge is 0.149 e. The Morgan fingerprint density at radius 2 is 2.33 bits per heavy atom. The van der Waals surface area contributed by atoms with Crippen molar-refractivity contribution >= 4 is 5.78 Å². The van der Waals surface area contributed by atoms with Gasteiger partial charge in [0.25, 0.3) is 0 Å². The number of ketones is 1. The van der Waals surface area contributed by atoms with E-state index in [0.29, 0.717) is 11.8 Å². The van der Waals surface area contributed by atoms with E-state index in [-0.39, 0.29) is 6.04 Å². The molecule has 0 aliphatic heterocycles. The van der Waals surface area contributed by atoms with Crippen LogP contribution < -0.4 is 5.32 Å². The first-order valence-electron chi connectivity index (χ1n) is 3.49. The van der Waals surface area contributed by atoms with Crippen LogP contribution in [-0.2, 0) is 4.79 Å². The zero-order valence-electron chi connectivity index (χ0n) is 5.98. The van der Waals surface area contributed by atoms with E-state index in [1.54, 1.807) is 0 Å². The summed E-state index contributed by atoms with van der Waals surface area (Å²) >= 11 is 0. The Kier molecular flexibility index (Phi) is 1.86. The van der Waals surface area contributed by atoms with Gasteiger partial charge in [0.05, 0.1) is 6.04 Å². The summed E-state index contributed by atoms with van der Waals surface area (Å²) in [7, 11) is 0. The van der Waals surface area contributed by atoms with E-state index in [1.165, 1.54) is 0 Å². The summed E-state index contributed by atoms with van der Waals surface area (Å²) in [6, 6.07) is 0.629. The fourth-order valence-corrected chi connectivity index (χ4v) is 0.985. The first-order valence-corrected chi connectivity index (χ1v) is 3.49. The Balaban J connectivity index is 2.21. The van der Waals surface area contributed by atoms with Gasteiger partial charge in [0, 0.05) is 12.5 Å². The Bertz CT molecular complexity index is 120. The van der Waals surface area contributed by atoms with Crippen molar-refractivity contribution < 1.29 is 4.79 Å². The molecule has 1 fully saturated rings. The highest BCUT2D eigenvalue weighted by Gasteiger charge is 2.27. The highest BCUT2D eigenvalue weighted by atomic mass is 16.1. The first-order chi connectivity index (χ1) is 4.20. The van der Waals surface area contributed by atoms with Gasteiger partial charge in [0.2, 0.25) is 0 Å². The molecule has 1 saturated carbocycles. The second kappa shape index (κ2) is 2.48. The van der Waals surface area contributed by atoms with Crippen LogP contribution in [0.1, 0.15) is 26.7 Å².